The van der Waals surface area contributed by atoms with Crippen LogP contribution in [0.1, 0.15) is 121 Å². The van der Waals surface area contributed by atoms with E-state index in [-0.39, 0.29) is 21.8 Å². The Morgan fingerprint density at radius 1 is 0.360 bits per heavy atom. The van der Waals surface area contributed by atoms with Gasteiger partial charge in [0.1, 0.15) is 0 Å². The van der Waals surface area contributed by atoms with Crippen LogP contribution in [0.5, 0.6) is 0 Å². The van der Waals surface area contributed by atoms with Gasteiger partial charge in [0.05, 0.1) is 12.3 Å². The molecule has 0 amide bonds. The van der Waals surface area contributed by atoms with Gasteiger partial charge >= 0.3 is 54.7 Å². The van der Waals surface area contributed by atoms with Crippen LogP contribution in [0, 0.1) is 0 Å². The molecule has 0 saturated carbocycles. The second-order valence-corrected chi connectivity index (χ2v) is 34.6. The lowest BCUT2D eigenvalue weighted by Gasteiger charge is -2.54. The number of hydrogen-bond acceptors (Lipinski definition) is 19. The standard InChI is InChI=1S/C50H114N4O14SSi6/c1-21-61-70(62-22-2)41-31-37-51(11)47(52(12)38-32-42-71(63-23-3)64-24-4)49(9,35-29-45-74(55-15,56-16)57-17)69-50(10,36-30-46-75(58-18,59-19)60-20)48(53(13)39-33-43-72(65-25-5)66-26-6)54(14)40-34-44-73(67-27-7)68-28-8/h47-48H,21-46H2,1-20H3. The SMILES string of the molecule is CCO[Si](CCCN(C)C(N(C)CCC[Si](OCC)OCC)C(C)(CCC[Si](OC)(OC)OC)SC(C)(CCC[Si](OC)(OC)OC)C(N(C)CCC[Si](OCC)OCC)N(C)CCC[Si](OCC)OCC)OCC. The molecule has 4 radical (unpaired) electrons. The lowest BCUT2D eigenvalue weighted by atomic mass is 9.97. The van der Waals surface area contributed by atoms with Gasteiger partial charge in [0.15, 0.2) is 0 Å². The first kappa shape index (κ1) is 75.9. The summed E-state index contributed by atoms with van der Waals surface area (Å²) in [6.45, 7) is 30.2. The van der Waals surface area contributed by atoms with E-state index in [1.807, 2.05) is 0 Å². The third-order valence-electron chi connectivity index (χ3n) is 13.4. The summed E-state index contributed by atoms with van der Waals surface area (Å²) in [5, 5.41) is 0. The maximum Gasteiger partial charge on any atom is 0.500 e. The van der Waals surface area contributed by atoms with E-state index in [2.05, 4.69) is 129 Å². The lowest BCUT2D eigenvalue weighted by molar-refractivity contribution is 0.0382. The van der Waals surface area contributed by atoms with Crippen molar-refractivity contribution in [3.63, 3.8) is 0 Å². The molecule has 2 unspecified atom stereocenters. The lowest BCUT2D eigenvalue weighted by Crippen LogP contribution is -2.62. The van der Waals surface area contributed by atoms with Gasteiger partial charge in [-0.15, -0.1) is 11.8 Å². The maximum atomic E-state index is 6.16. The Hall–Kier alpha value is 0.931. The van der Waals surface area contributed by atoms with Gasteiger partial charge in [-0.25, -0.2) is 0 Å². The molecule has 18 nitrogen and oxygen atoms in total. The third-order valence-corrected chi connectivity index (χ3v) is 28.8. The molecule has 0 aromatic heterocycles. The molecule has 0 aliphatic carbocycles. The first-order valence-electron chi connectivity index (χ1n) is 28.2. The third kappa shape index (κ3) is 29.1. The second kappa shape index (κ2) is 44.5. The van der Waals surface area contributed by atoms with E-state index in [9.17, 15) is 0 Å². The van der Waals surface area contributed by atoms with Gasteiger partial charge in [-0.1, -0.05) is 0 Å². The summed E-state index contributed by atoms with van der Waals surface area (Å²) in [5.74, 6) is 0. The summed E-state index contributed by atoms with van der Waals surface area (Å²) < 4.78 is 85.0. The largest absolute Gasteiger partial charge is 0.500 e. The summed E-state index contributed by atoms with van der Waals surface area (Å²) in [4.78, 5) is 10.4. The fourth-order valence-electron chi connectivity index (χ4n) is 10.4. The molecule has 75 heavy (non-hydrogen) atoms. The molecule has 25 heteroatoms. The second-order valence-electron chi connectivity index (χ2n) is 19.1. The van der Waals surface area contributed by atoms with Gasteiger partial charge in [-0.2, -0.15) is 0 Å². The van der Waals surface area contributed by atoms with Crippen LogP contribution >= 0.6 is 11.8 Å². The van der Waals surface area contributed by atoms with Crippen LogP contribution in [0.25, 0.3) is 0 Å². The first-order valence-corrected chi connectivity index (χ1v) is 38.9. The van der Waals surface area contributed by atoms with Crippen LogP contribution in [-0.4, -0.2) is 246 Å². The van der Waals surface area contributed by atoms with Crippen LogP contribution in [0.3, 0.4) is 0 Å². The Morgan fingerprint density at radius 2 is 0.560 bits per heavy atom. The minimum Gasteiger partial charge on any atom is -0.394 e. The molecule has 0 spiro atoms. The van der Waals surface area contributed by atoms with Gasteiger partial charge < -0.3 is 62.0 Å². The quantitative estimate of drug-likeness (QED) is 0.0423. The van der Waals surface area contributed by atoms with E-state index < -0.39 is 54.7 Å². The zero-order valence-corrected chi connectivity index (χ0v) is 58.3. The first-order chi connectivity index (χ1) is 35.9. The smallest absolute Gasteiger partial charge is 0.394 e. The molecule has 0 aromatic rings. The topological polar surface area (TPSA) is 142 Å². The highest BCUT2D eigenvalue weighted by atomic mass is 32.2. The summed E-state index contributed by atoms with van der Waals surface area (Å²) >= 11 is 2.14. The zero-order chi connectivity index (χ0) is 56.8. The Balaban J connectivity index is 8.28. The molecule has 0 aliphatic rings. The predicted molar refractivity (Wildman–Crippen MR) is 318 cm³/mol. The van der Waals surface area contributed by atoms with E-state index in [1.54, 1.807) is 42.7 Å². The number of hydrogen-bond donors (Lipinski definition) is 0. The van der Waals surface area contributed by atoms with Crippen molar-refractivity contribution in [1.29, 1.82) is 0 Å². The van der Waals surface area contributed by atoms with Gasteiger partial charge in [-0.3, -0.25) is 19.6 Å². The Labute approximate surface area is 474 Å². The number of nitrogens with zero attached hydrogens (tertiary/aromatic N) is 4. The van der Waals surface area contributed by atoms with Gasteiger partial charge in [-0.05, 0) is 199 Å². The molecule has 448 valence electrons. The fourth-order valence-corrected chi connectivity index (χ4v) is 22.2. The number of thioether (sulfide) groups is 1. The highest BCUT2D eigenvalue weighted by Gasteiger charge is 2.51. The minimum atomic E-state index is -2.92. The highest BCUT2D eigenvalue weighted by Crippen LogP contribution is 2.50. The van der Waals surface area contributed by atoms with E-state index in [0.29, 0.717) is 64.9 Å². The van der Waals surface area contributed by atoms with E-state index in [0.717, 1.165) is 102 Å². The predicted octanol–water partition coefficient (Wildman–Crippen LogP) is 8.74. The van der Waals surface area contributed by atoms with Crippen molar-refractivity contribution < 1.29 is 62.0 Å². The van der Waals surface area contributed by atoms with Crippen molar-refractivity contribution >= 4 is 66.5 Å². The Kier molecular flexibility index (Phi) is 45.1. The zero-order valence-electron chi connectivity index (χ0n) is 51.5. The van der Waals surface area contributed by atoms with E-state index >= 15 is 0 Å². The molecule has 0 rings (SSSR count). The highest BCUT2D eigenvalue weighted by molar-refractivity contribution is 8.02. The normalized spacial score (nSPS) is 14.8. The van der Waals surface area contributed by atoms with Crippen molar-refractivity contribution in [2.24, 2.45) is 0 Å². The molecule has 0 heterocycles. The fraction of sp³-hybridized carbons (Fsp3) is 1.00. The van der Waals surface area contributed by atoms with Crippen molar-refractivity contribution in [2.45, 2.75) is 179 Å². The van der Waals surface area contributed by atoms with Crippen molar-refractivity contribution in [3.8, 4) is 0 Å². The molecular weight excluding hydrogens is 1080 g/mol. The molecule has 0 bridgehead atoms. The molecule has 0 N–H and O–H groups in total. The molecule has 0 fully saturated rings. The minimum absolute atomic E-state index is 0.00184. The van der Waals surface area contributed by atoms with Crippen LogP contribution in [0.2, 0.25) is 36.3 Å². The summed E-state index contributed by atoms with van der Waals surface area (Å²) in [6, 6.07) is 4.98. The van der Waals surface area contributed by atoms with Crippen molar-refractivity contribution in [3.05, 3.63) is 0 Å². The summed E-state index contributed by atoms with van der Waals surface area (Å²) in [7, 11) is 8.14. The maximum absolute atomic E-state index is 6.16. The van der Waals surface area contributed by atoms with E-state index in [1.165, 1.54) is 0 Å². The molecule has 0 aliphatic heterocycles. The Bertz CT molecular complexity index is 1150. The monoisotopic (exact) mass is 1190 g/mol. The van der Waals surface area contributed by atoms with Gasteiger partial charge in [0.2, 0.25) is 0 Å². The van der Waals surface area contributed by atoms with Crippen molar-refractivity contribution in [2.75, 3.05) is 150 Å². The van der Waals surface area contributed by atoms with Crippen molar-refractivity contribution in [1.82, 2.24) is 19.6 Å². The average molecular weight is 1200 g/mol. The van der Waals surface area contributed by atoms with Crippen LogP contribution in [0.15, 0.2) is 0 Å². The average Bonchev–Trinajstić information content (AvgIpc) is 3.37. The van der Waals surface area contributed by atoms with Gasteiger partial charge in [0, 0.05) is 117 Å². The molecular formula is C50H114N4O14SSi6. The summed E-state index contributed by atoms with van der Waals surface area (Å²) in [6.07, 6.45) is 7.23. The van der Waals surface area contributed by atoms with E-state index in [4.69, 9.17) is 62.0 Å². The van der Waals surface area contributed by atoms with Crippen LogP contribution < -0.4 is 0 Å². The molecule has 0 aromatic carbocycles. The Morgan fingerprint density at radius 3 is 0.733 bits per heavy atom. The number of rotatable bonds is 54. The molecule has 0 saturated heterocycles. The van der Waals surface area contributed by atoms with Gasteiger partial charge in [0.25, 0.3) is 0 Å². The summed E-state index contributed by atoms with van der Waals surface area (Å²) in [5.41, 5.74) is 0. The van der Waals surface area contributed by atoms with Crippen LogP contribution in [-0.2, 0) is 62.0 Å². The molecule has 2 atom stereocenters. The van der Waals surface area contributed by atoms with Crippen LogP contribution in [0.4, 0.5) is 0 Å².